The van der Waals surface area contributed by atoms with Gasteiger partial charge in [-0.3, -0.25) is 24.6 Å². The smallest absolute Gasteiger partial charge is 0.293 e. The van der Waals surface area contributed by atoms with Crippen molar-refractivity contribution >= 4 is 46.3 Å². The Morgan fingerprint density at radius 1 is 1.27 bits per heavy atom. The maximum atomic E-state index is 12.7. The van der Waals surface area contributed by atoms with Crippen LogP contribution in [0.2, 0.25) is 5.02 Å². The lowest BCUT2D eigenvalue weighted by molar-refractivity contribution is -0.384. The molecule has 0 unspecified atom stereocenters. The normalized spacial score (nSPS) is 15.0. The molecule has 0 bridgehead atoms. The highest BCUT2D eigenvalue weighted by Gasteiger charge is 2.35. The summed E-state index contributed by atoms with van der Waals surface area (Å²) in [5, 5.41) is 10.8. The third-order valence-corrected chi connectivity index (χ3v) is 5.36. The number of benzene rings is 2. The van der Waals surface area contributed by atoms with Gasteiger partial charge >= 0.3 is 0 Å². The average Bonchev–Trinajstić information content (AvgIpc) is 2.97. The maximum absolute atomic E-state index is 12.7. The zero-order chi connectivity index (χ0) is 21.8. The molecule has 10 heteroatoms. The number of rotatable bonds is 7. The minimum absolute atomic E-state index is 0.0585. The first-order valence-corrected chi connectivity index (χ1v) is 10.0. The molecule has 2 amide bonds. The summed E-state index contributed by atoms with van der Waals surface area (Å²) in [5.74, 6) is 0.324. The van der Waals surface area contributed by atoms with Gasteiger partial charge in [0.2, 0.25) is 0 Å². The van der Waals surface area contributed by atoms with Crippen molar-refractivity contribution in [3.05, 3.63) is 67.6 Å². The molecule has 0 saturated carbocycles. The van der Waals surface area contributed by atoms with Gasteiger partial charge in [-0.05, 0) is 48.0 Å². The van der Waals surface area contributed by atoms with E-state index >= 15 is 0 Å². The first-order valence-electron chi connectivity index (χ1n) is 8.83. The van der Waals surface area contributed by atoms with Crippen LogP contribution in [-0.2, 0) is 11.3 Å². The molecule has 0 aliphatic carbocycles. The number of nitro benzene ring substituents is 1. The fourth-order valence-corrected chi connectivity index (χ4v) is 3.96. The number of carbonyl (C=O) groups excluding carboxylic acids is 2. The van der Waals surface area contributed by atoms with E-state index in [-0.39, 0.29) is 17.1 Å². The Kier molecular flexibility index (Phi) is 6.63. The highest BCUT2D eigenvalue weighted by atomic mass is 35.5. The minimum atomic E-state index is -0.528. The number of methoxy groups -OCH3 is 1. The number of carbonyl (C=O) groups is 2. The van der Waals surface area contributed by atoms with Crippen LogP contribution < -0.4 is 9.47 Å². The van der Waals surface area contributed by atoms with Crippen molar-refractivity contribution in [1.82, 2.24) is 4.90 Å². The number of nitrogens with zero attached hydrogens (tertiary/aromatic N) is 2. The largest absolute Gasteiger partial charge is 0.493 e. The summed E-state index contributed by atoms with van der Waals surface area (Å²) >= 11 is 7.05. The van der Waals surface area contributed by atoms with Gasteiger partial charge in [0.05, 0.1) is 35.1 Å². The average molecular weight is 449 g/mol. The lowest BCUT2D eigenvalue weighted by Gasteiger charge is -2.13. The van der Waals surface area contributed by atoms with Crippen molar-refractivity contribution in [3.63, 3.8) is 0 Å². The topological polar surface area (TPSA) is 99.0 Å². The van der Waals surface area contributed by atoms with Gasteiger partial charge in [-0.15, -0.1) is 0 Å². The van der Waals surface area contributed by atoms with Crippen LogP contribution in [0.1, 0.15) is 18.1 Å². The summed E-state index contributed by atoms with van der Waals surface area (Å²) in [5.41, 5.74) is 0.950. The Bertz CT molecular complexity index is 1060. The van der Waals surface area contributed by atoms with E-state index in [1.165, 1.54) is 25.3 Å². The van der Waals surface area contributed by atoms with Crippen molar-refractivity contribution in [1.29, 1.82) is 0 Å². The van der Waals surface area contributed by atoms with Gasteiger partial charge < -0.3 is 9.47 Å². The van der Waals surface area contributed by atoms with Gasteiger partial charge in [-0.25, -0.2) is 0 Å². The summed E-state index contributed by atoms with van der Waals surface area (Å²) in [6.45, 7) is 2.17. The Morgan fingerprint density at radius 3 is 2.70 bits per heavy atom. The van der Waals surface area contributed by atoms with E-state index in [0.29, 0.717) is 34.3 Å². The van der Waals surface area contributed by atoms with Gasteiger partial charge in [0.1, 0.15) is 0 Å². The number of halogens is 1. The number of imide groups is 1. The molecule has 156 valence electrons. The first kappa shape index (κ1) is 21.7. The second-order valence-electron chi connectivity index (χ2n) is 6.16. The third-order valence-electron chi connectivity index (χ3n) is 4.17. The lowest BCUT2D eigenvalue weighted by Crippen LogP contribution is -2.27. The molecule has 0 N–H and O–H groups in total. The van der Waals surface area contributed by atoms with Gasteiger partial charge in [0.25, 0.3) is 16.8 Å². The molecule has 1 aliphatic rings. The zero-order valence-corrected chi connectivity index (χ0v) is 17.7. The maximum Gasteiger partial charge on any atom is 0.293 e. The summed E-state index contributed by atoms with van der Waals surface area (Å²) in [4.78, 5) is 36.8. The Labute approximate surface area is 181 Å². The molecule has 8 nitrogen and oxygen atoms in total. The predicted octanol–water partition coefficient (Wildman–Crippen LogP) is 4.89. The Morgan fingerprint density at radius 2 is 2.03 bits per heavy atom. The molecular weight excluding hydrogens is 432 g/mol. The molecule has 1 heterocycles. The van der Waals surface area contributed by atoms with Crippen LogP contribution in [0.5, 0.6) is 11.5 Å². The van der Waals surface area contributed by atoms with E-state index in [1.54, 1.807) is 24.3 Å². The van der Waals surface area contributed by atoms with Crippen LogP contribution in [0.25, 0.3) is 6.08 Å². The number of hydrogen-bond acceptors (Lipinski definition) is 7. The van der Waals surface area contributed by atoms with Crippen molar-refractivity contribution in [2.45, 2.75) is 13.5 Å². The molecule has 2 aromatic rings. The summed E-state index contributed by atoms with van der Waals surface area (Å²) in [6.07, 6.45) is 1.54. The van der Waals surface area contributed by atoms with Crippen LogP contribution in [0, 0.1) is 10.1 Å². The third kappa shape index (κ3) is 4.58. The van der Waals surface area contributed by atoms with E-state index < -0.39 is 16.1 Å². The highest BCUT2D eigenvalue weighted by Crippen LogP contribution is 2.39. The monoisotopic (exact) mass is 448 g/mol. The molecule has 1 saturated heterocycles. The van der Waals surface area contributed by atoms with Crippen LogP contribution in [0.15, 0.2) is 41.3 Å². The zero-order valence-electron chi connectivity index (χ0n) is 16.1. The molecule has 1 aliphatic heterocycles. The molecule has 0 radical (unpaired) electrons. The molecule has 0 atom stereocenters. The molecule has 0 spiro atoms. The Hall–Kier alpha value is -3.04. The van der Waals surface area contributed by atoms with Crippen molar-refractivity contribution in [3.8, 4) is 11.5 Å². The Balaban J connectivity index is 1.85. The van der Waals surface area contributed by atoms with Crippen molar-refractivity contribution in [2.75, 3.05) is 13.7 Å². The van der Waals surface area contributed by atoms with Crippen LogP contribution in [0.3, 0.4) is 0 Å². The van der Waals surface area contributed by atoms with Gasteiger partial charge in [-0.1, -0.05) is 23.7 Å². The van der Waals surface area contributed by atoms with E-state index in [9.17, 15) is 19.7 Å². The van der Waals surface area contributed by atoms with Crippen molar-refractivity contribution in [2.24, 2.45) is 0 Å². The second-order valence-corrected chi connectivity index (χ2v) is 7.56. The van der Waals surface area contributed by atoms with Crippen LogP contribution in [-0.4, -0.2) is 34.7 Å². The lowest BCUT2D eigenvalue weighted by atomic mass is 10.1. The number of ether oxygens (including phenoxy) is 2. The van der Waals surface area contributed by atoms with E-state index in [1.807, 2.05) is 6.92 Å². The van der Waals surface area contributed by atoms with E-state index in [4.69, 9.17) is 21.1 Å². The fourth-order valence-electron chi connectivity index (χ4n) is 2.85. The highest BCUT2D eigenvalue weighted by molar-refractivity contribution is 8.18. The van der Waals surface area contributed by atoms with Crippen LogP contribution in [0.4, 0.5) is 10.5 Å². The van der Waals surface area contributed by atoms with E-state index in [2.05, 4.69) is 0 Å². The molecular formula is C20H17ClN2O6S. The fraction of sp³-hybridized carbons (Fsp3) is 0.200. The first-order chi connectivity index (χ1) is 14.3. The number of nitro groups is 1. The SMILES string of the molecule is CCOc1c(Cl)cc(/C=C2/SC(=O)N(Cc3cccc([N+](=O)[O-])c3)C2=O)cc1OC. The molecule has 1 fully saturated rings. The molecule has 30 heavy (non-hydrogen) atoms. The summed E-state index contributed by atoms with van der Waals surface area (Å²) in [6, 6.07) is 9.09. The summed E-state index contributed by atoms with van der Waals surface area (Å²) < 4.78 is 10.8. The molecule has 2 aromatic carbocycles. The van der Waals surface area contributed by atoms with Gasteiger partial charge in [0, 0.05) is 12.1 Å². The standard InChI is InChI=1S/C20H17ClN2O6S/c1-3-29-18-15(21)8-13(9-16(18)28-2)10-17-19(24)22(20(25)30-17)11-12-5-4-6-14(7-12)23(26)27/h4-10H,3,11H2,1-2H3/b17-10+. The summed E-state index contributed by atoms with van der Waals surface area (Å²) in [7, 11) is 1.48. The number of non-ortho nitro benzene ring substituents is 1. The predicted molar refractivity (Wildman–Crippen MR) is 114 cm³/mol. The molecule has 0 aromatic heterocycles. The van der Waals surface area contributed by atoms with Crippen molar-refractivity contribution < 1.29 is 24.0 Å². The quantitative estimate of drug-likeness (QED) is 0.337. The minimum Gasteiger partial charge on any atom is -0.493 e. The molecule has 3 rings (SSSR count). The number of hydrogen-bond donors (Lipinski definition) is 0. The number of thioether (sulfide) groups is 1. The van der Waals surface area contributed by atoms with Crippen LogP contribution >= 0.6 is 23.4 Å². The van der Waals surface area contributed by atoms with Gasteiger partial charge in [0.15, 0.2) is 11.5 Å². The second kappa shape index (κ2) is 9.19. The van der Waals surface area contributed by atoms with E-state index in [0.717, 1.165) is 16.7 Å². The number of amides is 2. The van der Waals surface area contributed by atoms with Gasteiger partial charge in [-0.2, -0.15) is 0 Å².